The van der Waals surface area contributed by atoms with Crippen LogP contribution in [-0.2, 0) is 11.2 Å². The molecule has 0 atom stereocenters. The van der Waals surface area contributed by atoms with Crippen molar-refractivity contribution in [3.8, 4) is 0 Å². The van der Waals surface area contributed by atoms with E-state index in [1.54, 1.807) is 11.3 Å². The zero-order valence-electron chi connectivity index (χ0n) is 10.3. The van der Waals surface area contributed by atoms with Gasteiger partial charge in [-0.3, -0.25) is 4.79 Å². The average molecular weight is 324 g/mol. The second-order valence-corrected chi connectivity index (χ2v) is 6.05. The molecule has 94 valence electrons. The van der Waals surface area contributed by atoms with Crippen molar-refractivity contribution in [2.24, 2.45) is 0 Å². The average Bonchev–Trinajstić information content (AvgIpc) is 2.78. The Hall–Kier alpha value is -1.13. The minimum atomic E-state index is 0.0265. The highest BCUT2D eigenvalue weighted by Gasteiger charge is 2.07. The van der Waals surface area contributed by atoms with Gasteiger partial charge in [0.2, 0.25) is 5.91 Å². The number of nitrogens with one attached hydrogen (secondary N) is 1. The summed E-state index contributed by atoms with van der Waals surface area (Å²) in [7, 11) is 0. The molecule has 0 fully saturated rings. The molecule has 0 aliphatic rings. The molecule has 1 N–H and O–H groups in total. The quantitative estimate of drug-likeness (QED) is 0.896. The van der Waals surface area contributed by atoms with Gasteiger partial charge in [0.15, 0.2) is 0 Å². The van der Waals surface area contributed by atoms with Crippen molar-refractivity contribution in [1.82, 2.24) is 0 Å². The third-order valence-corrected chi connectivity index (χ3v) is 4.76. The van der Waals surface area contributed by atoms with Crippen LogP contribution in [-0.4, -0.2) is 5.91 Å². The van der Waals surface area contributed by atoms with E-state index in [-0.39, 0.29) is 5.91 Å². The molecule has 0 bridgehead atoms. The van der Waals surface area contributed by atoms with Crippen molar-refractivity contribution in [2.45, 2.75) is 20.3 Å². The molecule has 4 heteroatoms. The maximum Gasteiger partial charge on any atom is 0.229 e. The van der Waals surface area contributed by atoms with Crippen LogP contribution in [0.3, 0.4) is 0 Å². The Balaban J connectivity index is 2.07. The van der Waals surface area contributed by atoms with E-state index in [4.69, 9.17) is 0 Å². The Kier molecular flexibility index (Phi) is 4.19. The van der Waals surface area contributed by atoms with Gasteiger partial charge in [0.1, 0.15) is 0 Å². The molecule has 0 saturated heterocycles. The standard InChI is InChI=1S/C14H14BrNOS/c1-9-6-11(7-10(2)14(9)15)16-13(17)8-12-4-3-5-18-12/h3-7H,8H2,1-2H3,(H,16,17). The Labute approximate surface area is 119 Å². The van der Waals surface area contributed by atoms with Crippen LogP contribution in [0.25, 0.3) is 0 Å². The third kappa shape index (κ3) is 3.21. The lowest BCUT2D eigenvalue weighted by molar-refractivity contribution is -0.115. The molecule has 0 aliphatic heterocycles. The van der Waals surface area contributed by atoms with Gasteiger partial charge in [0, 0.05) is 15.0 Å². The molecule has 18 heavy (non-hydrogen) atoms. The summed E-state index contributed by atoms with van der Waals surface area (Å²) in [5, 5.41) is 4.92. The third-order valence-electron chi connectivity index (χ3n) is 2.64. The van der Waals surface area contributed by atoms with E-state index in [0.717, 1.165) is 26.2 Å². The van der Waals surface area contributed by atoms with E-state index in [1.165, 1.54) is 0 Å². The number of aryl methyl sites for hydroxylation is 2. The summed E-state index contributed by atoms with van der Waals surface area (Å²) in [6.07, 6.45) is 0.436. The number of carbonyl (C=O) groups is 1. The highest BCUT2D eigenvalue weighted by atomic mass is 79.9. The summed E-state index contributed by atoms with van der Waals surface area (Å²) >= 11 is 5.12. The molecule has 2 nitrogen and oxygen atoms in total. The molecule has 0 saturated carbocycles. The molecule has 2 aromatic rings. The summed E-state index contributed by atoms with van der Waals surface area (Å²) in [5.41, 5.74) is 3.11. The van der Waals surface area contributed by atoms with Crippen LogP contribution in [0.4, 0.5) is 5.69 Å². The Bertz CT molecular complexity index is 540. The van der Waals surface area contributed by atoms with Crippen molar-refractivity contribution >= 4 is 38.9 Å². The van der Waals surface area contributed by atoms with E-state index in [0.29, 0.717) is 6.42 Å². The predicted molar refractivity (Wildman–Crippen MR) is 80.3 cm³/mol. The number of rotatable bonds is 3. The van der Waals surface area contributed by atoms with E-state index < -0.39 is 0 Å². The largest absolute Gasteiger partial charge is 0.326 e. The van der Waals surface area contributed by atoms with Gasteiger partial charge >= 0.3 is 0 Å². The first-order valence-electron chi connectivity index (χ1n) is 5.65. The molecule has 1 aromatic carbocycles. The van der Waals surface area contributed by atoms with Gasteiger partial charge < -0.3 is 5.32 Å². The molecule has 0 unspecified atom stereocenters. The monoisotopic (exact) mass is 323 g/mol. The van der Waals surface area contributed by atoms with Crippen LogP contribution in [0, 0.1) is 13.8 Å². The van der Waals surface area contributed by atoms with Gasteiger partial charge in [-0.1, -0.05) is 22.0 Å². The van der Waals surface area contributed by atoms with Gasteiger partial charge in [0.05, 0.1) is 6.42 Å². The number of thiophene rings is 1. The number of benzene rings is 1. The van der Waals surface area contributed by atoms with Gasteiger partial charge in [-0.05, 0) is 48.6 Å². The topological polar surface area (TPSA) is 29.1 Å². The van der Waals surface area contributed by atoms with Crippen LogP contribution in [0.5, 0.6) is 0 Å². The SMILES string of the molecule is Cc1cc(NC(=O)Cc2cccs2)cc(C)c1Br. The van der Waals surface area contributed by atoms with Crippen LogP contribution in [0.15, 0.2) is 34.1 Å². The lowest BCUT2D eigenvalue weighted by Gasteiger charge is -2.09. The Morgan fingerprint density at radius 1 is 1.33 bits per heavy atom. The predicted octanol–water partition coefficient (Wildman–Crippen LogP) is 4.31. The number of hydrogen-bond acceptors (Lipinski definition) is 2. The second kappa shape index (κ2) is 5.67. The fourth-order valence-corrected chi connectivity index (χ4v) is 2.73. The van der Waals surface area contributed by atoms with Crippen LogP contribution in [0.2, 0.25) is 0 Å². The number of carbonyl (C=O) groups excluding carboxylic acids is 1. The first kappa shape index (κ1) is 13.3. The van der Waals surface area contributed by atoms with Gasteiger partial charge in [0.25, 0.3) is 0 Å². The summed E-state index contributed by atoms with van der Waals surface area (Å²) in [6.45, 7) is 4.04. The smallest absolute Gasteiger partial charge is 0.229 e. The van der Waals surface area contributed by atoms with Crippen molar-refractivity contribution < 1.29 is 4.79 Å². The normalized spacial score (nSPS) is 10.4. The zero-order chi connectivity index (χ0) is 13.1. The number of amides is 1. The maximum atomic E-state index is 11.9. The van der Waals surface area contributed by atoms with E-state index in [1.807, 2.05) is 43.5 Å². The first-order chi connectivity index (χ1) is 8.56. The fraction of sp³-hybridized carbons (Fsp3) is 0.214. The first-order valence-corrected chi connectivity index (χ1v) is 7.32. The zero-order valence-corrected chi connectivity index (χ0v) is 12.7. The van der Waals surface area contributed by atoms with Crippen molar-refractivity contribution in [2.75, 3.05) is 5.32 Å². The Morgan fingerprint density at radius 3 is 2.56 bits per heavy atom. The number of halogens is 1. The van der Waals surface area contributed by atoms with Gasteiger partial charge in [-0.2, -0.15) is 0 Å². The lowest BCUT2D eigenvalue weighted by atomic mass is 10.1. The van der Waals surface area contributed by atoms with Crippen LogP contribution in [0.1, 0.15) is 16.0 Å². The minimum absolute atomic E-state index is 0.0265. The molecule has 1 amide bonds. The molecule has 2 rings (SSSR count). The molecular formula is C14H14BrNOS. The number of anilines is 1. The minimum Gasteiger partial charge on any atom is -0.326 e. The molecule has 0 aliphatic carbocycles. The fourth-order valence-electron chi connectivity index (χ4n) is 1.79. The van der Waals surface area contributed by atoms with E-state index in [2.05, 4.69) is 21.2 Å². The summed E-state index contributed by atoms with van der Waals surface area (Å²) in [4.78, 5) is 13.0. The molecule has 1 heterocycles. The lowest BCUT2D eigenvalue weighted by Crippen LogP contribution is -2.14. The number of hydrogen-bond donors (Lipinski definition) is 1. The van der Waals surface area contributed by atoms with E-state index in [9.17, 15) is 4.79 Å². The second-order valence-electron chi connectivity index (χ2n) is 4.23. The van der Waals surface area contributed by atoms with Crippen LogP contribution < -0.4 is 5.32 Å². The molecule has 0 radical (unpaired) electrons. The molecular weight excluding hydrogens is 310 g/mol. The maximum absolute atomic E-state index is 11.9. The molecule has 0 spiro atoms. The molecule has 1 aromatic heterocycles. The Morgan fingerprint density at radius 2 is 2.00 bits per heavy atom. The summed E-state index contributed by atoms with van der Waals surface area (Å²) in [5.74, 6) is 0.0265. The summed E-state index contributed by atoms with van der Waals surface area (Å²) in [6, 6.07) is 7.89. The summed E-state index contributed by atoms with van der Waals surface area (Å²) < 4.78 is 1.10. The van der Waals surface area contributed by atoms with E-state index >= 15 is 0 Å². The van der Waals surface area contributed by atoms with Crippen LogP contribution >= 0.6 is 27.3 Å². The van der Waals surface area contributed by atoms with Gasteiger partial charge in [-0.25, -0.2) is 0 Å². The van der Waals surface area contributed by atoms with Crippen molar-refractivity contribution in [1.29, 1.82) is 0 Å². The highest BCUT2D eigenvalue weighted by molar-refractivity contribution is 9.10. The van der Waals surface area contributed by atoms with Crippen molar-refractivity contribution in [3.05, 3.63) is 50.1 Å². The van der Waals surface area contributed by atoms with Gasteiger partial charge in [-0.15, -0.1) is 11.3 Å². The highest BCUT2D eigenvalue weighted by Crippen LogP contribution is 2.25. The van der Waals surface area contributed by atoms with Crippen molar-refractivity contribution in [3.63, 3.8) is 0 Å².